The Kier molecular flexibility index (Phi) is 4.66. The molecule has 1 heterocycles. The van der Waals surface area contributed by atoms with Gasteiger partial charge in [0.2, 0.25) is 10.0 Å². The largest absolute Gasteiger partial charge is 0.396 e. The number of sulfonamides is 1. The van der Waals surface area contributed by atoms with Crippen LogP contribution in [-0.4, -0.2) is 26.2 Å². The number of aryl methyl sites for hydroxylation is 2. The zero-order chi connectivity index (χ0) is 14.0. The smallest absolute Gasteiger partial charge is 0.250 e. The zero-order valence-corrected chi connectivity index (χ0v) is 13.0. The first-order chi connectivity index (χ1) is 8.94. The molecule has 2 N–H and O–H groups in total. The molecule has 0 aromatic carbocycles. The van der Waals surface area contributed by atoms with Crippen LogP contribution in [0.5, 0.6) is 0 Å². The standard InChI is InChI=1S/C13H21NO3S2/c1-9-7-13(18-10(9)2)19(16,17)14-12-6-4-3-5-11(12)8-15/h7,11-12,14-15H,3-6,8H2,1-2H3. The lowest BCUT2D eigenvalue weighted by Crippen LogP contribution is -2.43. The molecule has 19 heavy (non-hydrogen) atoms. The molecule has 0 amide bonds. The van der Waals surface area contributed by atoms with Crippen LogP contribution in [0, 0.1) is 19.8 Å². The summed E-state index contributed by atoms with van der Waals surface area (Å²) >= 11 is 1.31. The highest BCUT2D eigenvalue weighted by Crippen LogP contribution is 2.28. The third kappa shape index (κ3) is 3.37. The lowest BCUT2D eigenvalue weighted by Gasteiger charge is -2.30. The fourth-order valence-corrected chi connectivity index (χ4v) is 5.38. The Hall–Kier alpha value is -0.430. The average Bonchev–Trinajstić information content (AvgIpc) is 2.71. The molecule has 4 nitrogen and oxygen atoms in total. The Bertz CT molecular complexity index is 517. The summed E-state index contributed by atoms with van der Waals surface area (Å²) in [4.78, 5) is 1.03. The van der Waals surface area contributed by atoms with E-state index in [0.717, 1.165) is 36.1 Å². The van der Waals surface area contributed by atoms with Gasteiger partial charge in [0, 0.05) is 17.5 Å². The molecule has 108 valence electrons. The van der Waals surface area contributed by atoms with Crippen molar-refractivity contribution < 1.29 is 13.5 Å². The molecule has 0 saturated heterocycles. The Morgan fingerprint density at radius 2 is 2.05 bits per heavy atom. The Morgan fingerprint density at radius 3 is 2.63 bits per heavy atom. The van der Waals surface area contributed by atoms with Crippen LogP contribution in [0.15, 0.2) is 10.3 Å². The first-order valence-corrected chi connectivity index (χ1v) is 8.94. The summed E-state index contributed by atoms with van der Waals surface area (Å²) in [5.74, 6) is 0.0469. The summed E-state index contributed by atoms with van der Waals surface area (Å²) in [6, 6.07) is 1.59. The second-order valence-electron chi connectivity index (χ2n) is 5.26. The monoisotopic (exact) mass is 303 g/mol. The van der Waals surface area contributed by atoms with Crippen molar-refractivity contribution in [3.8, 4) is 0 Å². The van der Waals surface area contributed by atoms with Gasteiger partial charge in [-0.15, -0.1) is 11.3 Å². The van der Waals surface area contributed by atoms with E-state index in [1.54, 1.807) is 6.07 Å². The summed E-state index contributed by atoms with van der Waals surface area (Å²) in [6.45, 7) is 3.90. The summed E-state index contributed by atoms with van der Waals surface area (Å²) in [5, 5.41) is 9.34. The van der Waals surface area contributed by atoms with Gasteiger partial charge in [-0.2, -0.15) is 0 Å². The van der Waals surface area contributed by atoms with Crippen LogP contribution >= 0.6 is 11.3 Å². The fraction of sp³-hybridized carbons (Fsp3) is 0.692. The molecular weight excluding hydrogens is 282 g/mol. The maximum atomic E-state index is 12.3. The van der Waals surface area contributed by atoms with Crippen molar-refractivity contribution in [3.05, 3.63) is 16.5 Å². The van der Waals surface area contributed by atoms with Crippen molar-refractivity contribution in [2.24, 2.45) is 5.92 Å². The quantitative estimate of drug-likeness (QED) is 0.896. The molecular formula is C13H21NO3S2. The van der Waals surface area contributed by atoms with E-state index in [9.17, 15) is 13.5 Å². The van der Waals surface area contributed by atoms with Gasteiger partial charge < -0.3 is 5.11 Å². The summed E-state index contributed by atoms with van der Waals surface area (Å²) in [5.41, 5.74) is 1.01. The van der Waals surface area contributed by atoms with Crippen molar-refractivity contribution >= 4 is 21.4 Å². The zero-order valence-electron chi connectivity index (χ0n) is 11.3. The highest BCUT2D eigenvalue weighted by molar-refractivity contribution is 7.91. The molecule has 0 radical (unpaired) electrons. The van der Waals surface area contributed by atoms with E-state index in [4.69, 9.17) is 0 Å². The van der Waals surface area contributed by atoms with Gasteiger partial charge in [-0.1, -0.05) is 12.8 Å². The van der Waals surface area contributed by atoms with Gasteiger partial charge >= 0.3 is 0 Å². The SMILES string of the molecule is Cc1cc(S(=O)(=O)NC2CCCCC2CO)sc1C. The van der Waals surface area contributed by atoms with Gasteiger partial charge in [0.05, 0.1) is 0 Å². The van der Waals surface area contributed by atoms with Crippen molar-refractivity contribution in [1.82, 2.24) is 4.72 Å². The predicted molar refractivity (Wildman–Crippen MR) is 76.9 cm³/mol. The second kappa shape index (κ2) is 5.91. The highest BCUT2D eigenvalue weighted by atomic mass is 32.2. The van der Waals surface area contributed by atoms with E-state index in [-0.39, 0.29) is 18.6 Å². The molecule has 1 fully saturated rings. The molecule has 1 aliphatic carbocycles. The maximum Gasteiger partial charge on any atom is 0.250 e. The molecule has 0 bridgehead atoms. The van der Waals surface area contributed by atoms with E-state index in [0.29, 0.717) is 4.21 Å². The average molecular weight is 303 g/mol. The van der Waals surface area contributed by atoms with E-state index >= 15 is 0 Å². The van der Waals surface area contributed by atoms with Gasteiger partial charge in [0.15, 0.2) is 0 Å². The lowest BCUT2D eigenvalue weighted by molar-refractivity contribution is 0.164. The third-order valence-electron chi connectivity index (χ3n) is 3.86. The van der Waals surface area contributed by atoms with Crippen molar-refractivity contribution in [3.63, 3.8) is 0 Å². The Balaban J connectivity index is 2.16. The molecule has 0 aliphatic heterocycles. The topological polar surface area (TPSA) is 66.4 Å². The van der Waals surface area contributed by atoms with Crippen LogP contribution in [-0.2, 0) is 10.0 Å². The molecule has 2 atom stereocenters. The minimum atomic E-state index is -3.45. The van der Waals surface area contributed by atoms with E-state index in [1.165, 1.54) is 11.3 Å². The maximum absolute atomic E-state index is 12.3. The second-order valence-corrected chi connectivity index (χ2v) is 8.46. The molecule has 1 aromatic rings. The number of hydrogen-bond acceptors (Lipinski definition) is 4. The molecule has 0 spiro atoms. The molecule has 1 saturated carbocycles. The lowest BCUT2D eigenvalue weighted by atomic mass is 9.86. The number of thiophene rings is 1. The Labute approximate surface area is 118 Å². The number of rotatable bonds is 4. The van der Waals surface area contributed by atoms with E-state index in [2.05, 4.69) is 4.72 Å². The normalized spacial score (nSPS) is 24.6. The van der Waals surface area contributed by atoms with E-state index in [1.807, 2.05) is 13.8 Å². The van der Waals surface area contributed by atoms with Gasteiger partial charge in [-0.05, 0) is 44.2 Å². The molecule has 6 heteroatoms. The number of aliphatic hydroxyl groups is 1. The minimum absolute atomic E-state index is 0.0469. The van der Waals surface area contributed by atoms with Crippen molar-refractivity contribution in [2.75, 3.05) is 6.61 Å². The van der Waals surface area contributed by atoms with Crippen LogP contribution in [0.3, 0.4) is 0 Å². The van der Waals surface area contributed by atoms with E-state index < -0.39 is 10.0 Å². The van der Waals surface area contributed by atoms with Crippen LogP contribution in [0.2, 0.25) is 0 Å². The van der Waals surface area contributed by atoms with Gasteiger partial charge in [0.1, 0.15) is 4.21 Å². The first kappa shape index (κ1) is 15.0. The van der Waals surface area contributed by atoms with Crippen molar-refractivity contribution in [1.29, 1.82) is 0 Å². The Morgan fingerprint density at radius 1 is 1.37 bits per heavy atom. The predicted octanol–water partition coefficient (Wildman–Crippen LogP) is 2.19. The number of aliphatic hydroxyl groups excluding tert-OH is 1. The van der Waals surface area contributed by atoms with Gasteiger partial charge in [0.25, 0.3) is 0 Å². The summed E-state index contributed by atoms with van der Waals surface area (Å²) in [7, 11) is -3.45. The van der Waals surface area contributed by atoms with Gasteiger partial charge in [-0.3, -0.25) is 0 Å². The minimum Gasteiger partial charge on any atom is -0.396 e. The third-order valence-corrected chi connectivity index (χ3v) is 6.97. The fourth-order valence-electron chi connectivity index (χ4n) is 2.51. The summed E-state index contributed by atoms with van der Waals surface area (Å²) < 4.78 is 27.8. The molecule has 1 aliphatic rings. The van der Waals surface area contributed by atoms with Crippen LogP contribution in [0.4, 0.5) is 0 Å². The highest BCUT2D eigenvalue weighted by Gasteiger charge is 2.29. The molecule has 2 rings (SSSR count). The van der Waals surface area contributed by atoms with Crippen LogP contribution in [0.25, 0.3) is 0 Å². The number of hydrogen-bond donors (Lipinski definition) is 2. The molecule has 1 aromatic heterocycles. The van der Waals surface area contributed by atoms with Crippen LogP contribution < -0.4 is 4.72 Å². The van der Waals surface area contributed by atoms with Crippen LogP contribution in [0.1, 0.15) is 36.1 Å². The first-order valence-electron chi connectivity index (χ1n) is 6.64. The van der Waals surface area contributed by atoms with Gasteiger partial charge in [-0.25, -0.2) is 13.1 Å². The molecule has 2 unspecified atom stereocenters. The number of nitrogens with one attached hydrogen (secondary N) is 1. The summed E-state index contributed by atoms with van der Waals surface area (Å²) in [6.07, 6.45) is 3.80. The van der Waals surface area contributed by atoms with Crippen molar-refractivity contribution in [2.45, 2.75) is 49.8 Å².